The molecule has 0 radical (unpaired) electrons. The van der Waals surface area contributed by atoms with Crippen molar-refractivity contribution >= 4 is 0 Å². The molecule has 60 valence electrons. The fourth-order valence-electron chi connectivity index (χ4n) is 0.942. The molecule has 2 N–H and O–H groups in total. The molecule has 1 aromatic heterocycles. The Morgan fingerprint density at radius 1 is 1.45 bits per heavy atom. The van der Waals surface area contributed by atoms with Gasteiger partial charge in [-0.15, -0.1) is 0 Å². The van der Waals surface area contributed by atoms with Crippen molar-refractivity contribution in [3.05, 3.63) is 24.3 Å². The fraction of sp³-hybridized carbons (Fsp3) is 0.500. The van der Waals surface area contributed by atoms with Gasteiger partial charge in [0.25, 0.3) is 0 Å². The number of hydrogen-bond acceptors (Lipinski definition) is 3. The van der Waals surface area contributed by atoms with Crippen molar-refractivity contribution in [3.63, 3.8) is 0 Å². The molecule has 0 aliphatic rings. The number of hydrogen-bond donors (Lipinski definition) is 1. The number of rotatable bonds is 3. The van der Waals surface area contributed by atoms with E-state index in [0.717, 1.165) is 18.7 Å². The summed E-state index contributed by atoms with van der Waals surface area (Å²) in [6, 6.07) is 1.79. The molecule has 0 fully saturated rings. The Balaban J connectivity index is 2.61. The summed E-state index contributed by atoms with van der Waals surface area (Å²) in [4.78, 5) is 8.12. The Morgan fingerprint density at radius 2 is 2.09 bits per heavy atom. The van der Waals surface area contributed by atoms with Crippen LogP contribution in [-0.2, 0) is 0 Å². The third-order valence-electron chi connectivity index (χ3n) is 1.52. The van der Waals surface area contributed by atoms with Gasteiger partial charge in [0.15, 0.2) is 0 Å². The van der Waals surface area contributed by atoms with Crippen LogP contribution >= 0.6 is 0 Å². The first kappa shape index (κ1) is 8.14. The molecule has 3 heteroatoms. The molecule has 0 saturated heterocycles. The molecule has 0 aromatic carbocycles. The van der Waals surface area contributed by atoms with Crippen molar-refractivity contribution in [3.8, 4) is 0 Å². The smallest absolute Gasteiger partial charge is 0.144 e. The highest BCUT2D eigenvalue weighted by atomic mass is 14.9. The average molecular weight is 151 g/mol. The van der Waals surface area contributed by atoms with E-state index in [1.807, 2.05) is 0 Å². The molecule has 1 unspecified atom stereocenters. The van der Waals surface area contributed by atoms with Crippen LogP contribution in [0.25, 0.3) is 0 Å². The van der Waals surface area contributed by atoms with Crippen molar-refractivity contribution in [2.75, 3.05) is 0 Å². The van der Waals surface area contributed by atoms with Gasteiger partial charge in [0.1, 0.15) is 5.82 Å². The topological polar surface area (TPSA) is 51.8 Å². The van der Waals surface area contributed by atoms with Gasteiger partial charge in [-0.1, -0.05) is 13.3 Å². The van der Waals surface area contributed by atoms with Crippen LogP contribution in [0, 0.1) is 0 Å². The molecule has 11 heavy (non-hydrogen) atoms. The van der Waals surface area contributed by atoms with Crippen LogP contribution in [-0.4, -0.2) is 9.97 Å². The van der Waals surface area contributed by atoms with Crippen molar-refractivity contribution < 1.29 is 0 Å². The second-order valence-corrected chi connectivity index (χ2v) is 2.50. The van der Waals surface area contributed by atoms with E-state index in [1.165, 1.54) is 0 Å². The Hall–Kier alpha value is -0.960. The molecule has 1 atom stereocenters. The average Bonchev–Trinajstić information content (AvgIpc) is 2.07. The molecule has 1 rings (SSSR count). The minimum absolute atomic E-state index is 0.00111. The van der Waals surface area contributed by atoms with Crippen LogP contribution in [0.4, 0.5) is 0 Å². The van der Waals surface area contributed by atoms with Gasteiger partial charge in [-0.2, -0.15) is 0 Å². The molecule has 0 bridgehead atoms. The largest absolute Gasteiger partial charge is 0.321 e. The molecule has 0 amide bonds. The quantitative estimate of drug-likeness (QED) is 0.707. The van der Waals surface area contributed by atoms with Gasteiger partial charge in [0, 0.05) is 12.4 Å². The van der Waals surface area contributed by atoms with Crippen LogP contribution < -0.4 is 5.73 Å². The lowest BCUT2D eigenvalue weighted by atomic mass is 10.2. The summed E-state index contributed by atoms with van der Waals surface area (Å²) in [5, 5.41) is 0. The first-order valence-corrected chi connectivity index (χ1v) is 3.87. The van der Waals surface area contributed by atoms with Crippen LogP contribution in [0.15, 0.2) is 18.5 Å². The molecule has 1 heterocycles. The van der Waals surface area contributed by atoms with Crippen LogP contribution in [0.2, 0.25) is 0 Å². The molecular formula is C8H13N3. The van der Waals surface area contributed by atoms with E-state index in [-0.39, 0.29) is 6.04 Å². The molecule has 3 nitrogen and oxygen atoms in total. The van der Waals surface area contributed by atoms with Crippen molar-refractivity contribution in [1.29, 1.82) is 0 Å². The Kier molecular flexibility index (Phi) is 2.98. The zero-order chi connectivity index (χ0) is 8.10. The standard InChI is InChI=1S/C8H13N3/c1-2-4-7(9)8-10-5-3-6-11-8/h3,5-7H,2,4,9H2,1H3. The van der Waals surface area contributed by atoms with Gasteiger partial charge >= 0.3 is 0 Å². The lowest BCUT2D eigenvalue weighted by Crippen LogP contribution is -2.12. The molecule has 0 saturated carbocycles. The number of nitrogens with two attached hydrogens (primary N) is 1. The normalized spacial score (nSPS) is 12.9. The predicted molar refractivity (Wildman–Crippen MR) is 43.9 cm³/mol. The zero-order valence-electron chi connectivity index (χ0n) is 6.70. The number of nitrogens with zero attached hydrogens (tertiary/aromatic N) is 2. The van der Waals surface area contributed by atoms with Gasteiger partial charge in [-0.05, 0) is 12.5 Å². The van der Waals surface area contributed by atoms with Crippen molar-refractivity contribution in [1.82, 2.24) is 9.97 Å². The highest BCUT2D eigenvalue weighted by molar-refractivity contribution is 4.93. The van der Waals surface area contributed by atoms with Crippen LogP contribution in [0.3, 0.4) is 0 Å². The Bertz CT molecular complexity index is 198. The summed E-state index contributed by atoms with van der Waals surface area (Å²) in [5.74, 6) is 0.745. The SMILES string of the molecule is CCCC(N)c1ncccn1. The van der Waals surface area contributed by atoms with Crippen molar-refractivity contribution in [2.45, 2.75) is 25.8 Å². The van der Waals surface area contributed by atoms with E-state index in [0.29, 0.717) is 0 Å². The maximum atomic E-state index is 5.78. The van der Waals surface area contributed by atoms with Crippen LogP contribution in [0.5, 0.6) is 0 Å². The molecule has 0 spiro atoms. The van der Waals surface area contributed by atoms with Gasteiger partial charge in [-0.25, -0.2) is 9.97 Å². The summed E-state index contributed by atoms with van der Waals surface area (Å²) < 4.78 is 0. The molecule has 0 aliphatic heterocycles. The van der Waals surface area contributed by atoms with Gasteiger partial charge < -0.3 is 5.73 Å². The van der Waals surface area contributed by atoms with E-state index < -0.39 is 0 Å². The minimum atomic E-state index is 0.00111. The van der Waals surface area contributed by atoms with Gasteiger partial charge in [-0.3, -0.25) is 0 Å². The lowest BCUT2D eigenvalue weighted by molar-refractivity contribution is 0.602. The predicted octanol–water partition coefficient (Wildman–Crippen LogP) is 1.28. The Morgan fingerprint density at radius 3 is 2.64 bits per heavy atom. The lowest BCUT2D eigenvalue weighted by Gasteiger charge is -2.06. The molecule has 1 aromatic rings. The second-order valence-electron chi connectivity index (χ2n) is 2.50. The monoisotopic (exact) mass is 151 g/mol. The summed E-state index contributed by atoms with van der Waals surface area (Å²) in [6.45, 7) is 2.10. The first-order chi connectivity index (χ1) is 5.34. The highest BCUT2D eigenvalue weighted by Crippen LogP contribution is 2.08. The third-order valence-corrected chi connectivity index (χ3v) is 1.52. The number of aromatic nitrogens is 2. The van der Waals surface area contributed by atoms with Crippen molar-refractivity contribution in [2.24, 2.45) is 5.73 Å². The summed E-state index contributed by atoms with van der Waals surface area (Å²) in [5.41, 5.74) is 5.78. The van der Waals surface area contributed by atoms with Gasteiger partial charge in [0.2, 0.25) is 0 Å². The maximum absolute atomic E-state index is 5.78. The van der Waals surface area contributed by atoms with E-state index >= 15 is 0 Å². The second kappa shape index (κ2) is 4.03. The first-order valence-electron chi connectivity index (χ1n) is 3.87. The van der Waals surface area contributed by atoms with Gasteiger partial charge in [0.05, 0.1) is 6.04 Å². The van der Waals surface area contributed by atoms with E-state index in [2.05, 4.69) is 16.9 Å². The fourth-order valence-corrected chi connectivity index (χ4v) is 0.942. The van der Waals surface area contributed by atoms with E-state index in [4.69, 9.17) is 5.73 Å². The maximum Gasteiger partial charge on any atom is 0.144 e. The summed E-state index contributed by atoms with van der Waals surface area (Å²) in [7, 11) is 0. The Labute approximate surface area is 66.7 Å². The summed E-state index contributed by atoms with van der Waals surface area (Å²) >= 11 is 0. The third kappa shape index (κ3) is 2.27. The molecule has 0 aliphatic carbocycles. The summed E-state index contributed by atoms with van der Waals surface area (Å²) in [6.07, 6.45) is 5.46. The van der Waals surface area contributed by atoms with E-state index in [1.54, 1.807) is 18.5 Å². The molecular weight excluding hydrogens is 138 g/mol. The van der Waals surface area contributed by atoms with Crippen LogP contribution in [0.1, 0.15) is 31.6 Å². The minimum Gasteiger partial charge on any atom is -0.321 e. The zero-order valence-corrected chi connectivity index (χ0v) is 6.70. The van der Waals surface area contributed by atoms with E-state index in [9.17, 15) is 0 Å². The highest BCUT2D eigenvalue weighted by Gasteiger charge is 2.05.